The Morgan fingerprint density at radius 2 is 2.16 bits per heavy atom. The van der Waals surface area contributed by atoms with Crippen molar-refractivity contribution < 1.29 is 13.2 Å². The third-order valence-electron chi connectivity index (χ3n) is 2.94. The summed E-state index contributed by atoms with van der Waals surface area (Å²) in [6.45, 7) is 1.01. The molecule has 0 bridgehead atoms. The molecule has 2 aromatic rings. The number of pyridine rings is 1. The zero-order chi connectivity index (χ0) is 13.9. The molecule has 2 rings (SSSR count). The lowest BCUT2D eigenvalue weighted by Gasteiger charge is -2.07. The first-order valence-electron chi connectivity index (χ1n) is 6.15. The number of alkyl halides is 3. The summed E-state index contributed by atoms with van der Waals surface area (Å²) in [6.07, 6.45) is -1.25. The standard InChI is InChI=1S/C13H16F3N3/c1-17-8-10-9-19(7-3-5-13(14,15)16)12-11(10)4-2-6-18-12/h2,4,6,9,17H,3,5,7-8H2,1H3. The minimum Gasteiger partial charge on any atom is -0.332 e. The van der Waals surface area contributed by atoms with E-state index in [2.05, 4.69) is 10.3 Å². The van der Waals surface area contributed by atoms with E-state index in [0.29, 0.717) is 13.1 Å². The van der Waals surface area contributed by atoms with E-state index in [0.717, 1.165) is 16.6 Å². The number of aromatic nitrogens is 2. The monoisotopic (exact) mass is 271 g/mol. The van der Waals surface area contributed by atoms with Crippen molar-refractivity contribution in [1.29, 1.82) is 0 Å². The van der Waals surface area contributed by atoms with E-state index in [-0.39, 0.29) is 6.42 Å². The molecule has 0 saturated heterocycles. The van der Waals surface area contributed by atoms with E-state index in [1.54, 1.807) is 10.8 Å². The molecule has 0 atom stereocenters. The van der Waals surface area contributed by atoms with E-state index >= 15 is 0 Å². The van der Waals surface area contributed by atoms with Crippen LogP contribution in [-0.2, 0) is 13.1 Å². The molecule has 0 aliphatic heterocycles. The lowest BCUT2D eigenvalue weighted by Crippen LogP contribution is -2.09. The summed E-state index contributed by atoms with van der Waals surface area (Å²) in [5, 5.41) is 4.04. The van der Waals surface area contributed by atoms with Crippen LogP contribution in [0.1, 0.15) is 18.4 Å². The molecule has 0 spiro atoms. The Balaban J connectivity index is 2.18. The molecule has 0 unspecified atom stereocenters. The van der Waals surface area contributed by atoms with E-state index in [1.165, 1.54) is 0 Å². The van der Waals surface area contributed by atoms with Crippen LogP contribution in [0.2, 0.25) is 0 Å². The van der Waals surface area contributed by atoms with Gasteiger partial charge in [-0.15, -0.1) is 0 Å². The molecule has 0 amide bonds. The fraction of sp³-hybridized carbons (Fsp3) is 0.462. The lowest BCUT2D eigenvalue weighted by atomic mass is 10.2. The summed E-state index contributed by atoms with van der Waals surface area (Å²) < 4.78 is 38.3. The molecule has 1 N–H and O–H groups in total. The average Bonchev–Trinajstić information content (AvgIpc) is 2.68. The number of hydrogen-bond donors (Lipinski definition) is 1. The Hall–Kier alpha value is -1.56. The van der Waals surface area contributed by atoms with Crippen LogP contribution in [0.4, 0.5) is 13.2 Å². The number of aryl methyl sites for hydroxylation is 1. The Bertz CT molecular complexity index is 546. The van der Waals surface area contributed by atoms with Gasteiger partial charge in [0, 0.05) is 37.3 Å². The molecule has 0 aliphatic rings. The number of rotatable bonds is 5. The highest BCUT2D eigenvalue weighted by Gasteiger charge is 2.26. The van der Waals surface area contributed by atoms with Crippen molar-refractivity contribution in [2.75, 3.05) is 7.05 Å². The SMILES string of the molecule is CNCc1cn(CCCC(F)(F)F)c2ncccc12. The molecule has 0 radical (unpaired) electrons. The predicted octanol–water partition coefficient (Wildman–Crippen LogP) is 3.10. The zero-order valence-electron chi connectivity index (χ0n) is 10.7. The van der Waals surface area contributed by atoms with E-state index in [4.69, 9.17) is 0 Å². The van der Waals surface area contributed by atoms with Gasteiger partial charge in [-0.25, -0.2) is 4.98 Å². The molecule has 0 aromatic carbocycles. The van der Waals surface area contributed by atoms with Crippen LogP contribution >= 0.6 is 0 Å². The molecule has 0 fully saturated rings. The normalized spacial score (nSPS) is 12.2. The van der Waals surface area contributed by atoms with Crippen molar-refractivity contribution in [2.45, 2.75) is 32.1 Å². The molecular weight excluding hydrogens is 255 g/mol. The van der Waals surface area contributed by atoms with Crippen LogP contribution in [0.25, 0.3) is 11.0 Å². The molecule has 0 aliphatic carbocycles. The van der Waals surface area contributed by atoms with Gasteiger partial charge in [-0.2, -0.15) is 13.2 Å². The van der Waals surface area contributed by atoms with E-state index in [9.17, 15) is 13.2 Å². The number of nitrogens with one attached hydrogen (secondary N) is 1. The van der Waals surface area contributed by atoms with Crippen LogP contribution < -0.4 is 5.32 Å². The maximum atomic E-state index is 12.2. The largest absolute Gasteiger partial charge is 0.389 e. The zero-order valence-corrected chi connectivity index (χ0v) is 10.7. The van der Waals surface area contributed by atoms with Gasteiger partial charge < -0.3 is 9.88 Å². The number of hydrogen-bond acceptors (Lipinski definition) is 2. The molecule has 19 heavy (non-hydrogen) atoms. The van der Waals surface area contributed by atoms with Gasteiger partial charge in [-0.1, -0.05) is 0 Å². The van der Waals surface area contributed by atoms with Crippen LogP contribution in [0.15, 0.2) is 24.5 Å². The van der Waals surface area contributed by atoms with Crippen LogP contribution in [0.5, 0.6) is 0 Å². The Morgan fingerprint density at radius 3 is 2.84 bits per heavy atom. The first kappa shape index (κ1) is 13.9. The highest BCUT2D eigenvalue weighted by atomic mass is 19.4. The molecule has 2 heterocycles. The number of nitrogens with zero attached hydrogens (tertiary/aromatic N) is 2. The molecule has 6 heteroatoms. The first-order valence-corrected chi connectivity index (χ1v) is 6.15. The van der Waals surface area contributed by atoms with Gasteiger partial charge in [0.05, 0.1) is 0 Å². The maximum absolute atomic E-state index is 12.2. The Kier molecular flexibility index (Phi) is 4.09. The number of fused-ring (bicyclic) bond motifs is 1. The molecule has 0 saturated carbocycles. The van der Waals surface area contributed by atoms with Crippen molar-refractivity contribution in [3.05, 3.63) is 30.1 Å². The molecule has 2 aromatic heterocycles. The van der Waals surface area contributed by atoms with Gasteiger partial charge in [0.2, 0.25) is 0 Å². The molecule has 3 nitrogen and oxygen atoms in total. The number of halogens is 3. The predicted molar refractivity (Wildman–Crippen MR) is 67.8 cm³/mol. The summed E-state index contributed by atoms with van der Waals surface area (Å²) in [5.74, 6) is 0. The van der Waals surface area contributed by atoms with Gasteiger partial charge >= 0.3 is 6.18 Å². The summed E-state index contributed by atoms with van der Waals surface area (Å²) in [7, 11) is 1.84. The van der Waals surface area contributed by atoms with Crippen molar-refractivity contribution in [2.24, 2.45) is 0 Å². The highest BCUT2D eigenvalue weighted by molar-refractivity contribution is 5.80. The fourth-order valence-electron chi connectivity index (χ4n) is 2.15. The molecule has 104 valence electrons. The van der Waals surface area contributed by atoms with Gasteiger partial charge in [-0.05, 0) is 31.2 Å². The minimum atomic E-state index is -4.09. The second kappa shape index (κ2) is 5.61. The third-order valence-corrected chi connectivity index (χ3v) is 2.94. The Morgan fingerprint density at radius 1 is 1.37 bits per heavy atom. The summed E-state index contributed by atoms with van der Waals surface area (Å²) >= 11 is 0. The summed E-state index contributed by atoms with van der Waals surface area (Å²) in [6, 6.07) is 3.77. The van der Waals surface area contributed by atoms with E-state index in [1.807, 2.05) is 25.4 Å². The smallest absolute Gasteiger partial charge is 0.332 e. The van der Waals surface area contributed by atoms with Crippen LogP contribution in [0.3, 0.4) is 0 Å². The average molecular weight is 271 g/mol. The molecular formula is C13H16F3N3. The Labute approximate surface area is 109 Å². The van der Waals surface area contributed by atoms with Crippen molar-refractivity contribution >= 4 is 11.0 Å². The van der Waals surface area contributed by atoms with Crippen molar-refractivity contribution in [1.82, 2.24) is 14.9 Å². The van der Waals surface area contributed by atoms with Crippen LogP contribution in [0, 0.1) is 0 Å². The van der Waals surface area contributed by atoms with Crippen molar-refractivity contribution in [3.63, 3.8) is 0 Å². The third kappa shape index (κ3) is 3.47. The summed E-state index contributed by atoms with van der Waals surface area (Å²) in [5.41, 5.74) is 1.80. The summed E-state index contributed by atoms with van der Waals surface area (Å²) in [4.78, 5) is 4.25. The van der Waals surface area contributed by atoms with Gasteiger partial charge in [0.25, 0.3) is 0 Å². The fourth-order valence-corrected chi connectivity index (χ4v) is 2.15. The van der Waals surface area contributed by atoms with Crippen molar-refractivity contribution in [3.8, 4) is 0 Å². The van der Waals surface area contributed by atoms with Gasteiger partial charge in [-0.3, -0.25) is 0 Å². The maximum Gasteiger partial charge on any atom is 0.389 e. The van der Waals surface area contributed by atoms with Crippen LogP contribution in [-0.4, -0.2) is 22.8 Å². The second-order valence-electron chi connectivity index (χ2n) is 4.47. The van der Waals surface area contributed by atoms with Gasteiger partial charge in [0.1, 0.15) is 5.65 Å². The van der Waals surface area contributed by atoms with Gasteiger partial charge in [0.15, 0.2) is 0 Å². The van der Waals surface area contributed by atoms with E-state index < -0.39 is 12.6 Å². The first-order chi connectivity index (χ1) is 9.01. The second-order valence-corrected chi connectivity index (χ2v) is 4.47. The minimum absolute atomic E-state index is 0.0723. The lowest BCUT2D eigenvalue weighted by molar-refractivity contribution is -0.135. The topological polar surface area (TPSA) is 29.9 Å². The quantitative estimate of drug-likeness (QED) is 0.905. The highest BCUT2D eigenvalue weighted by Crippen LogP contribution is 2.24.